The van der Waals surface area contributed by atoms with Crippen molar-refractivity contribution < 1.29 is 24.2 Å². The Balaban J connectivity index is 1.79. The molecule has 0 aromatic heterocycles. The Labute approximate surface area is 118 Å². The van der Waals surface area contributed by atoms with Gasteiger partial charge in [0.2, 0.25) is 0 Å². The fourth-order valence-corrected chi connectivity index (χ4v) is 2.72. The van der Waals surface area contributed by atoms with Gasteiger partial charge >= 0.3 is 12.0 Å². The number of likely N-dealkylation sites (tertiary alicyclic amines) is 1. The minimum Gasteiger partial charge on any atom is -0.480 e. The molecule has 3 unspecified atom stereocenters. The van der Waals surface area contributed by atoms with E-state index in [1.165, 1.54) is 12.0 Å². The summed E-state index contributed by atoms with van der Waals surface area (Å²) in [5, 5.41) is 11.9. The molecule has 2 heterocycles. The van der Waals surface area contributed by atoms with Gasteiger partial charge in [-0.25, -0.2) is 9.59 Å². The molecular weight excluding hydrogens is 264 g/mol. The van der Waals surface area contributed by atoms with Crippen molar-refractivity contribution in [2.75, 3.05) is 33.4 Å². The van der Waals surface area contributed by atoms with E-state index in [0.717, 1.165) is 26.1 Å². The van der Waals surface area contributed by atoms with Gasteiger partial charge in [0.05, 0.1) is 6.10 Å². The van der Waals surface area contributed by atoms with Gasteiger partial charge in [0.1, 0.15) is 6.04 Å². The number of carbonyl (C=O) groups is 2. The molecule has 2 aliphatic rings. The summed E-state index contributed by atoms with van der Waals surface area (Å²) < 4.78 is 10.4. The third kappa shape index (κ3) is 3.61. The van der Waals surface area contributed by atoms with Crippen LogP contribution in [0.15, 0.2) is 0 Å². The number of aliphatic carboxylic acids is 1. The lowest BCUT2D eigenvalue weighted by atomic mass is 10.1. The highest BCUT2D eigenvalue weighted by Crippen LogP contribution is 2.20. The molecule has 0 aromatic carbocycles. The van der Waals surface area contributed by atoms with E-state index in [0.29, 0.717) is 25.4 Å². The number of amides is 2. The molecule has 0 spiro atoms. The smallest absolute Gasteiger partial charge is 0.326 e. The Morgan fingerprint density at radius 2 is 2.30 bits per heavy atom. The van der Waals surface area contributed by atoms with Gasteiger partial charge in [0, 0.05) is 39.8 Å². The Morgan fingerprint density at radius 1 is 1.50 bits per heavy atom. The summed E-state index contributed by atoms with van der Waals surface area (Å²) in [7, 11) is 1.53. The van der Waals surface area contributed by atoms with Crippen LogP contribution in [0.3, 0.4) is 0 Å². The van der Waals surface area contributed by atoms with Crippen LogP contribution in [0.4, 0.5) is 4.79 Å². The first-order valence-corrected chi connectivity index (χ1v) is 6.99. The second kappa shape index (κ2) is 6.90. The zero-order valence-electron chi connectivity index (χ0n) is 11.7. The van der Waals surface area contributed by atoms with Crippen LogP contribution in [0.1, 0.15) is 19.3 Å². The molecule has 20 heavy (non-hydrogen) atoms. The second-order valence-corrected chi connectivity index (χ2v) is 5.35. The van der Waals surface area contributed by atoms with E-state index >= 15 is 0 Å². The van der Waals surface area contributed by atoms with Crippen molar-refractivity contribution >= 4 is 12.0 Å². The summed E-state index contributed by atoms with van der Waals surface area (Å²) in [4.78, 5) is 24.6. The molecule has 2 saturated heterocycles. The zero-order chi connectivity index (χ0) is 14.5. The van der Waals surface area contributed by atoms with Crippen LogP contribution in [0.2, 0.25) is 0 Å². The zero-order valence-corrected chi connectivity index (χ0v) is 11.7. The number of hydrogen-bond donors (Lipinski definition) is 2. The van der Waals surface area contributed by atoms with Crippen LogP contribution in [0.5, 0.6) is 0 Å². The number of rotatable bonds is 5. The highest BCUT2D eigenvalue weighted by atomic mass is 16.5. The minimum absolute atomic E-state index is 0.204. The van der Waals surface area contributed by atoms with Crippen LogP contribution in [0, 0.1) is 5.92 Å². The number of carboxylic acid groups (broad SMARTS) is 1. The van der Waals surface area contributed by atoms with Crippen LogP contribution in [-0.2, 0) is 14.3 Å². The van der Waals surface area contributed by atoms with Gasteiger partial charge in [-0.15, -0.1) is 0 Å². The van der Waals surface area contributed by atoms with Gasteiger partial charge in [-0.1, -0.05) is 0 Å². The first-order chi connectivity index (χ1) is 9.61. The van der Waals surface area contributed by atoms with E-state index in [2.05, 4.69) is 5.32 Å². The van der Waals surface area contributed by atoms with E-state index in [9.17, 15) is 9.59 Å². The first kappa shape index (κ1) is 15.1. The molecule has 2 fully saturated rings. The topological polar surface area (TPSA) is 88.1 Å². The molecule has 0 saturated carbocycles. The summed E-state index contributed by atoms with van der Waals surface area (Å²) >= 11 is 0. The maximum Gasteiger partial charge on any atom is 0.326 e. The summed E-state index contributed by atoms with van der Waals surface area (Å²) in [6.45, 7) is 2.42. The number of ether oxygens (including phenoxy) is 2. The molecule has 7 heteroatoms. The number of methoxy groups -OCH3 is 1. The van der Waals surface area contributed by atoms with Gasteiger partial charge in [-0.05, 0) is 18.8 Å². The van der Waals surface area contributed by atoms with Crippen molar-refractivity contribution in [1.82, 2.24) is 10.2 Å². The van der Waals surface area contributed by atoms with Crippen molar-refractivity contribution in [1.29, 1.82) is 0 Å². The molecule has 114 valence electrons. The van der Waals surface area contributed by atoms with Crippen LogP contribution < -0.4 is 5.32 Å². The quantitative estimate of drug-likeness (QED) is 0.758. The molecule has 0 aliphatic carbocycles. The summed E-state index contributed by atoms with van der Waals surface area (Å²) in [6, 6.07) is -1.12. The number of nitrogens with one attached hydrogen (secondary N) is 1. The van der Waals surface area contributed by atoms with Crippen LogP contribution in [0.25, 0.3) is 0 Å². The molecular formula is C13H22N2O5. The van der Waals surface area contributed by atoms with E-state index in [1.807, 2.05) is 0 Å². The predicted molar refractivity (Wildman–Crippen MR) is 70.5 cm³/mol. The monoisotopic (exact) mass is 286 g/mol. The van der Waals surface area contributed by atoms with Crippen molar-refractivity contribution in [3.63, 3.8) is 0 Å². The third-order valence-corrected chi connectivity index (χ3v) is 3.99. The summed E-state index contributed by atoms with van der Waals surface area (Å²) in [5.74, 6) is -0.486. The van der Waals surface area contributed by atoms with Crippen molar-refractivity contribution in [3.05, 3.63) is 0 Å². The molecule has 7 nitrogen and oxygen atoms in total. The maximum absolute atomic E-state index is 12.1. The van der Waals surface area contributed by atoms with Crippen molar-refractivity contribution in [2.24, 2.45) is 5.92 Å². The van der Waals surface area contributed by atoms with Gasteiger partial charge in [0.25, 0.3) is 0 Å². The largest absolute Gasteiger partial charge is 0.480 e. The van der Waals surface area contributed by atoms with Gasteiger partial charge < -0.3 is 24.8 Å². The van der Waals surface area contributed by atoms with Gasteiger partial charge in [0.15, 0.2) is 0 Å². The van der Waals surface area contributed by atoms with Crippen LogP contribution in [-0.4, -0.2) is 67.6 Å². The third-order valence-electron chi connectivity index (χ3n) is 3.99. The lowest BCUT2D eigenvalue weighted by Crippen LogP contribution is -2.46. The molecule has 0 radical (unpaired) electrons. The number of carbonyl (C=O) groups excluding carboxylic acids is 1. The SMILES string of the molecule is COC1CC(C(=O)O)N(C(=O)NCCC2CCOC2)C1. The minimum atomic E-state index is -0.983. The Kier molecular flexibility index (Phi) is 5.19. The normalized spacial score (nSPS) is 29.6. The van der Waals surface area contributed by atoms with Gasteiger partial charge in [-0.2, -0.15) is 0 Å². The molecule has 2 N–H and O–H groups in total. The first-order valence-electron chi connectivity index (χ1n) is 6.99. The lowest BCUT2D eigenvalue weighted by molar-refractivity contribution is -0.141. The molecule has 2 aliphatic heterocycles. The average molecular weight is 286 g/mol. The van der Waals surface area contributed by atoms with E-state index in [1.54, 1.807) is 0 Å². The molecule has 0 aromatic rings. The second-order valence-electron chi connectivity index (χ2n) is 5.35. The molecule has 0 bridgehead atoms. The predicted octanol–water partition coefficient (Wildman–Crippen LogP) is 0.297. The molecule has 2 rings (SSSR count). The standard InChI is InChI=1S/C13H22N2O5/c1-19-10-6-11(12(16)17)15(7-10)13(18)14-4-2-9-3-5-20-8-9/h9-11H,2-8H2,1H3,(H,14,18)(H,16,17). The number of carboxylic acids is 1. The maximum atomic E-state index is 12.1. The number of urea groups is 1. The number of nitrogens with zero attached hydrogens (tertiary/aromatic N) is 1. The molecule has 2 amide bonds. The van der Waals surface area contributed by atoms with Crippen LogP contribution >= 0.6 is 0 Å². The van der Waals surface area contributed by atoms with E-state index in [-0.39, 0.29) is 12.1 Å². The Morgan fingerprint density at radius 3 is 2.90 bits per heavy atom. The summed E-state index contributed by atoms with van der Waals surface area (Å²) in [5.41, 5.74) is 0. The van der Waals surface area contributed by atoms with Crippen molar-refractivity contribution in [3.8, 4) is 0 Å². The van der Waals surface area contributed by atoms with Gasteiger partial charge in [-0.3, -0.25) is 0 Å². The van der Waals surface area contributed by atoms with E-state index in [4.69, 9.17) is 14.6 Å². The van der Waals surface area contributed by atoms with E-state index < -0.39 is 12.0 Å². The summed E-state index contributed by atoms with van der Waals surface area (Å²) in [6.07, 6.45) is 2.04. The fraction of sp³-hybridized carbons (Fsp3) is 0.846. The highest BCUT2D eigenvalue weighted by molar-refractivity contribution is 5.83. The van der Waals surface area contributed by atoms with Crippen molar-refractivity contribution in [2.45, 2.75) is 31.4 Å². The lowest BCUT2D eigenvalue weighted by Gasteiger charge is -2.22. The molecule has 3 atom stereocenters. The highest BCUT2D eigenvalue weighted by Gasteiger charge is 2.39. The Bertz CT molecular complexity index is 357. The number of hydrogen-bond acceptors (Lipinski definition) is 4. The fourth-order valence-electron chi connectivity index (χ4n) is 2.72. The Hall–Kier alpha value is -1.34. The average Bonchev–Trinajstić information content (AvgIpc) is 3.07.